The number of para-hydroxylation sites is 1. The number of benzene rings is 1. The standard InChI is InChI=1S/C16H20N2O/c1-11(19)15-13-8-4-5-9-14(13)18-16(15)17-10-12-6-2-3-7-12/h4-5,8-9,12,17-18H,2-3,6-7,10H2,1H3. The topological polar surface area (TPSA) is 44.9 Å². The number of rotatable bonds is 4. The van der Waals surface area contributed by atoms with Crippen LogP contribution in [0.2, 0.25) is 0 Å². The molecule has 1 aromatic heterocycles. The molecule has 1 aliphatic carbocycles. The summed E-state index contributed by atoms with van der Waals surface area (Å²) in [6, 6.07) is 7.98. The number of anilines is 1. The maximum Gasteiger partial charge on any atom is 0.164 e. The molecule has 0 spiro atoms. The molecule has 0 radical (unpaired) electrons. The third-order valence-electron chi connectivity index (χ3n) is 4.10. The quantitative estimate of drug-likeness (QED) is 0.813. The molecule has 3 heteroatoms. The molecule has 1 aromatic carbocycles. The number of ketones is 1. The van der Waals surface area contributed by atoms with Crippen molar-refractivity contribution in [3.8, 4) is 0 Å². The van der Waals surface area contributed by atoms with Crippen LogP contribution in [0.5, 0.6) is 0 Å². The van der Waals surface area contributed by atoms with Gasteiger partial charge in [-0.25, -0.2) is 0 Å². The predicted molar refractivity (Wildman–Crippen MR) is 78.8 cm³/mol. The Labute approximate surface area is 113 Å². The van der Waals surface area contributed by atoms with Crippen molar-refractivity contribution in [2.24, 2.45) is 5.92 Å². The van der Waals surface area contributed by atoms with Gasteiger partial charge in [0.2, 0.25) is 0 Å². The Morgan fingerprint density at radius 1 is 1.32 bits per heavy atom. The molecule has 1 saturated carbocycles. The second-order valence-electron chi connectivity index (χ2n) is 5.51. The van der Waals surface area contributed by atoms with Crippen molar-refractivity contribution in [3.05, 3.63) is 29.8 Å². The number of aromatic nitrogens is 1. The average molecular weight is 256 g/mol. The van der Waals surface area contributed by atoms with E-state index in [0.29, 0.717) is 0 Å². The van der Waals surface area contributed by atoms with Crippen LogP contribution in [0.3, 0.4) is 0 Å². The van der Waals surface area contributed by atoms with Gasteiger partial charge in [0.1, 0.15) is 5.82 Å². The lowest BCUT2D eigenvalue weighted by molar-refractivity contribution is 0.102. The molecule has 100 valence electrons. The summed E-state index contributed by atoms with van der Waals surface area (Å²) in [7, 11) is 0. The monoisotopic (exact) mass is 256 g/mol. The molecule has 2 N–H and O–H groups in total. The molecule has 1 aliphatic rings. The van der Waals surface area contributed by atoms with Gasteiger partial charge in [0.15, 0.2) is 5.78 Å². The van der Waals surface area contributed by atoms with Crippen LogP contribution >= 0.6 is 0 Å². The molecule has 0 bridgehead atoms. The van der Waals surface area contributed by atoms with Gasteiger partial charge in [-0.3, -0.25) is 4.79 Å². The summed E-state index contributed by atoms with van der Waals surface area (Å²) in [5.41, 5.74) is 1.83. The SMILES string of the molecule is CC(=O)c1c(NCC2CCCC2)[nH]c2ccccc12. The summed E-state index contributed by atoms with van der Waals surface area (Å²) in [5.74, 6) is 1.76. The van der Waals surface area contributed by atoms with Crippen molar-refractivity contribution in [2.45, 2.75) is 32.6 Å². The third-order valence-corrected chi connectivity index (χ3v) is 4.10. The van der Waals surface area contributed by atoms with E-state index in [9.17, 15) is 4.79 Å². The summed E-state index contributed by atoms with van der Waals surface area (Å²) >= 11 is 0. The van der Waals surface area contributed by atoms with Crippen LogP contribution in [-0.2, 0) is 0 Å². The molecule has 1 heterocycles. The van der Waals surface area contributed by atoms with Gasteiger partial charge in [-0.15, -0.1) is 0 Å². The van der Waals surface area contributed by atoms with Gasteiger partial charge in [0, 0.05) is 17.4 Å². The van der Waals surface area contributed by atoms with E-state index in [0.717, 1.165) is 34.7 Å². The minimum atomic E-state index is 0.117. The Kier molecular flexibility index (Phi) is 3.28. The van der Waals surface area contributed by atoms with Crippen LogP contribution in [0.25, 0.3) is 10.9 Å². The summed E-state index contributed by atoms with van der Waals surface area (Å²) < 4.78 is 0. The molecule has 0 amide bonds. The molecular weight excluding hydrogens is 236 g/mol. The van der Waals surface area contributed by atoms with E-state index in [2.05, 4.69) is 10.3 Å². The zero-order valence-electron chi connectivity index (χ0n) is 11.3. The number of Topliss-reactive ketones (excluding diaryl/α,β-unsaturated/α-hetero) is 1. The third kappa shape index (κ3) is 2.37. The van der Waals surface area contributed by atoms with Gasteiger partial charge in [-0.05, 0) is 31.7 Å². The van der Waals surface area contributed by atoms with E-state index >= 15 is 0 Å². The zero-order valence-corrected chi connectivity index (χ0v) is 11.3. The van der Waals surface area contributed by atoms with Gasteiger partial charge in [0.25, 0.3) is 0 Å². The number of hydrogen-bond donors (Lipinski definition) is 2. The Bertz CT molecular complexity index is 594. The second-order valence-corrected chi connectivity index (χ2v) is 5.51. The highest BCUT2D eigenvalue weighted by atomic mass is 16.1. The number of aromatic amines is 1. The van der Waals surface area contributed by atoms with Crippen LogP contribution < -0.4 is 5.32 Å². The summed E-state index contributed by atoms with van der Waals surface area (Å²) in [6.45, 7) is 2.60. The normalized spacial score (nSPS) is 16.1. The van der Waals surface area contributed by atoms with Gasteiger partial charge < -0.3 is 10.3 Å². The van der Waals surface area contributed by atoms with E-state index in [1.54, 1.807) is 6.92 Å². The van der Waals surface area contributed by atoms with Crippen molar-refractivity contribution in [3.63, 3.8) is 0 Å². The van der Waals surface area contributed by atoms with Crippen LogP contribution in [0.4, 0.5) is 5.82 Å². The molecule has 0 atom stereocenters. The Balaban J connectivity index is 1.88. The lowest BCUT2D eigenvalue weighted by atomic mass is 10.1. The largest absolute Gasteiger partial charge is 0.371 e. The van der Waals surface area contributed by atoms with E-state index < -0.39 is 0 Å². The molecule has 0 saturated heterocycles. The fourth-order valence-corrected chi connectivity index (χ4v) is 3.10. The number of hydrogen-bond acceptors (Lipinski definition) is 2. The van der Waals surface area contributed by atoms with E-state index in [1.165, 1.54) is 25.7 Å². The number of fused-ring (bicyclic) bond motifs is 1. The second kappa shape index (κ2) is 5.08. The van der Waals surface area contributed by atoms with Crippen molar-refractivity contribution < 1.29 is 4.79 Å². The maximum atomic E-state index is 11.9. The molecule has 0 aliphatic heterocycles. The average Bonchev–Trinajstić information content (AvgIpc) is 3.03. The minimum absolute atomic E-state index is 0.117. The van der Waals surface area contributed by atoms with Crippen LogP contribution in [0.1, 0.15) is 43.0 Å². The van der Waals surface area contributed by atoms with Crippen molar-refractivity contribution >= 4 is 22.5 Å². The lowest BCUT2D eigenvalue weighted by Gasteiger charge is -2.11. The highest BCUT2D eigenvalue weighted by Crippen LogP contribution is 2.29. The Morgan fingerprint density at radius 3 is 2.79 bits per heavy atom. The molecule has 3 nitrogen and oxygen atoms in total. The van der Waals surface area contributed by atoms with Crippen LogP contribution in [-0.4, -0.2) is 17.3 Å². The van der Waals surface area contributed by atoms with E-state index in [4.69, 9.17) is 0 Å². The van der Waals surface area contributed by atoms with Crippen LogP contribution in [0.15, 0.2) is 24.3 Å². The number of nitrogens with one attached hydrogen (secondary N) is 2. The van der Waals surface area contributed by atoms with E-state index in [1.807, 2.05) is 24.3 Å². The zero-order chi connectivity index (χ0) is 13.2. The smallest absolute Gasteiger partial charge is 0.164 e. The fraction of sp³-hybridized carbons (Fsp3) is 0.438. The van der Waals surface area contributed by atoms with Gasteiger partial charge in [-0.2, -0.15) is 0 Å². The summed E-state index contributed by atoms with van der Waals surface area (Å²) in [4.78, 5) is 15.2. The predicted octanol–water partition coefficient (Wildman–Crippen LogP) is 3.97. The molecule has 0 unspecified atom stereocenters. The van der Waals surface area contributed by atoms with Crippen LogP contribution in [0, 0.1) is 5.92 Å². The van der Waals surface area contributed by atoms with Gasteiger partial charge in [-0.1, -0.05) is 31.0 Å². The minimum Gasteiger partial charge on any atom is -0.371 e. The highest BCUT2D eigenvalue weighted by Gasteiger charge is 2.18. The number of carbonyl (C=O) groups excluding carboxylic acids is 1. The van der Waals surface area contributed by atoms with Crippen molar-refractivity contribution in [1.29, 1.82) is 0 Å². The first-order valence-corrected chi connectivity index (χ1v) is 7.11. The molecule has 1 fully saturated rings. The maximum absolute atomic E-state index is 11.9. The van der Waals surface area contributed by atoms with Crippen molar-refractivity contribution in [1.82, 2.24) is 4.98 Å². The summed E-state index contributed by atoms with van der Waals surface area (Å²) in [5, 5.41) is 4.47. The van der Waals surface area contributed by atoms with E-state index in [-0.39, 0.29) is 5.78 Å². The Hall–Kier alpha value is -1.77. The highest BCUT2D eigenvalue weighted by molar-refractivity contribution is 6.11. The Morgan fingerprint density at radius 2 is 2.05 bits per heavy atom. The molecule has 19 heavy (non-hydrogen) atoms. The molecule has 3 rings (SSSR count). The number of carbonyl (C=O) groups is 1. The fourth-order valence-electron chi connectivity index (χ4n) is 3.10. The lowest BCUT2D eigenvalue weighted by Crippen LogP contribution is -2.12. The first-order valence-electron chi connectivity index (χ1n) is 7.11. The van der Waals surface area contributed by atoms with Crippen molar-refractivity contribution in [2.75, 3.05) is 11.9 Å². The number of H-pyrrole nitrogens is 1. The first kappa shape index (κ1) is 12.3. The summed E-state index contributed by atoms with van der Waals surface area (Å²) in [6.07, 6.45) is 5.31. The van der Waals surface area contributed by atoms with Gasteiger partial charge in [0.05, 0.1) is 5.56 Å². The molecule has 2 aromatic rings. The first-order chi connectivity index (χ1) is 9.25. The van der Waals surface area contributed by atoms with Gasteiger partial charge >= 0.3 is 0 Å². The molecular formula is C16H20N2O.